The molecular weight excluding hydrogens is 321 g/mol. The summed E-state index contributed by atoms with van der Waals surface area (Å²) in [6.45, 7) is 4.83. The highest BCUT2D eigenvalue weighted by molar-refractivity contribution is 14.1. The zero-order valence-electron chi connectivity index (χ0n) is 12.0. The van der Waals surface area contributed by atoms with Gasteiger partial charge in [0.2, 0.25) is 0 Å². The summed E-state index contributed by atoms with van der Waals surface area (Å²) in [7, 11) is 2.24. The SMILES string of the molecule is CCCCCCCCCCCCN(C)CCI. The van der Waals surface area contributed by atoms with E-state index in [1.165, 1.54) is 81.7 Å². The summed E-state index contributed by atoms with van der Waals surface area (Å²) in [4.78, 5) is 2.46. The average molecular weight is 353 g/mol. The van der Waals surface area contributed by atoms with E-state index in [2.05, 4.69) is 41.5 Å². The zero-order chi connectivity index (χ0) is 12.8. The second-order valence-corrected chi connectivity index (χ2v) is 6.25. The number of rotatable bonds is 13. The highest BCUT2D eigenvalue weighted by Crippen LogP contribution is 2.10. The fraction of sp³-hybridized carbons (Fsp3) is 1.00. The molecule has 104 valence electrons. The largest absolute Gasteiger partial charge is 0.306 e. The molecule has 0 radical (unpaired) electrons. The van der Waals surface area contributed by atoms with Crippen molar-refractivity contribution in [2.45, 2.75) is 71.1 Å². The lowest BCUT2D eigenvalue weighted by atomic mass is 10.1. The molecule has 0 aliphatic rings. The Hall–Kier alpha value is 0.690. The van der Waals surface area contributed by atoms with Crippen molar-refractivity contribution in [3.8, 4) is 0 Å². The van der Waals surface area contributed by atoms with Gasteiger partial charge in [0, 0.05) is 11.0 Å². The molecule has 0 fully saturated rings. The molecule has 0 aromatic heterocycles. The Morgan fingerprint density at radius 3 is 1.65 bits per heavy atom. The molecule has 0 amide bonds. The van der Waals surface area contributed by atoms with Gasteiger partial charge in [-0.2, -0.15) is 0 Å². The van der Waals surface area contributed by atoms with E-state index >= 15 is 0 Å². The number of unbranched alkanes of at least 4 members (excludes halogenated alkanes) is 9. The van der Waals surface area contributed by atoms with Crippen molar-refractivity contribution in [2.75, 3.05) is 24.6 Å². The van der Waals surface area contributed by atoms with Gasteiger partial charge in [0.1, 0.15) is 0 Å². The molecule has 0 spiro atoms. The Labute approximate surface area is 123 Å². The van der Waals surface area contributed by atoms with Crippen LogP contribution < -0.4 is 0 Å². The van der Waals surface area contributed by atoms with Gasteiger partial charge in [-0.3, -0.25) is 0 Å². The quantitative estimate of drug-likeness (QED) is 0.248. The van der Waals surface area contributed by atoms with Crippen molar-refractivity contribution in [1.29, 1.82) is 0 Å². The van der Waals surface area contributed by atoms with E-state index < -0.39 is 0 Å². The summed E-state index contributed by atoms with van der Waals surface area (Å²) in [6, 6.07) is 0. The van der Waals surface area contributed by atoms with Crippen LogP contribution >= 0.6 is 22.6 Å². The fourth-order valence-electron chi connectivity index (χ4n) is 2.13. The number of halogens is 1. The second-order valence-electron chi connectivity index (χ2n) is 5.17. The molecule has 0 heterocycles. The van der Waals surface area contributed by atoms with Gasteiger partial charge in [0.15, 0.2) is 0 Å². The highest BCUT2D eigenvalue weighted by Gasteiger charge is 1.96. The fourth-order valence-corrected chi connectivity index (χ4v) is 2.95. The van der Waals surface area contributed by atoms with Crippen LogP contribution in [0.15, 0.2) is 0 Å². The maximum atomic E-state index is 2.46. The molecule has 0 saturated heterocycles. The lowest BCUT2D eigenvalue weighted by Crippen LogP contribution is -2.21. The first-order chi connectivity index (χ1) is 8.31. The van der Waals surface area contributed by atoms with Gasteiger partial charge in [0.25, 0.3) is 0 Å². The number of alkyl halides is 1. The van der Waals surface area contributed by atoms with Crippen LogP contribution in [-0.4, -0.2) is 29.5 Å². The molecule has 0 unspecified atom stereocenters. The van der Waals surface area contributed by atoms with Crippen LogP contribution in [0.25, 0.3) is 0 Å². The van der Waals surface area contributed by atoms with Gasteiger partial charge < -0.3 is 4.90 Å². The molecule has 17 heavy (non-hydrogen) atoms. The minimum absolute atomic E-state index is 1.25. The predicted molar refractivity (Wildman–Crippen MR) is 88.2 cm³/mol. The summed E-state index contributed by atoms with van der Waals surface area (Å²) in [5.74, 6) is 0. The Balaban J connectivity index is 2.98. The first kappa shape index (κ1) is 17.7. The van der Waals surface area contributed by atoms with E-state index in [0.29, 0.717) is 0 Å². The maximum absolute atomic E-state index is 2.46. The molecule has 2 heteroatoms. The van der Waals surface area contributed by atoms with Gasteiger partial charge in [-0.15, -0.1) is 0 Å². The minimum atomic E-state index is 1.25. The molecule has 0 aliphatic heterocycles. The summed E-state index contributed by atoms with van der Waals surface area (Å²) in [6.07, 6.45) is 14.4. The van der Waals surface area contributed by atoms with E-state index in [4.69, 9.17) is 0 Å². The van der Waals surface area contributed by atoms with E-state index in [-0.39, 0.29) is 0 Å². The van der Waals surface area contributed by atoms with Crippen molar-refractivity contribution in [3.63, 3.8) is 0 Å². The van der Waals surface area contributed by atoms with Crippen molar-refractivity contribution in [3.05, 3.63) is 0 Å². The van der Waals surface area contributed by atoms with Crippen LogP contribution in [0.1, 0.15) is 71.1 Å². The summed E-state index contributed by atoms with van der Waals surface area (Å²) in [5, 5.41) is 0. The van der Waals surface area contributed by atoms with Crippen LogP contribution in [0.5, 0.6) is 0 Å². The third-order valence-corrected chi connectivity index (χ3v) is 3.84. The normalized spacial score (nSPS) is 11.3. The van der Waals surface area contributed by atoms with Crippen LogP contribution in [0.4, 0.5) is 0 Å². The topological polar surface area (TPSA) is 3.24 Å². The van der Waals surface area contributed by atoms with Crippen molar-refractivity contribution >= 4 is 22.6 Å². The number of nitrogens with zero attached hydrogens (tertiary/aromatic N) is 1. The summed E-state index contributed by atoms with van der Waals surface area (Å²) < 4.78 is 1.26. The molecule has 0 atom stereocenters. The number of hydrogen-bond acceptors (Lipinski definition) is 1. The third kappa shape index (κ3) is 14.6. The Kier molecular flexibility index (Phi) is 15.3. The highest BCUT2D eigenvalue weighted by atomic mass is 127. The minimum Gasteiger partial charge on any atom is -0.306 e. The third-order valence-electron chi connectivity index (χ3n) is 3.36. The molecule has 0 rings (SSSR count). The van der Waals surface area contributed by atoms with Crippen LogP contribution in [0.2, 0.25) is 0 Å². The second kappa shape index (κ2) is 14.7. The predicted octanol–water partition coefficient (Wildman–Crippen LogP) is 5.27. The van der Waals surface area contributed by atoms with Crippen LogP contribution in [0.3, 0.4) is 0 Å². The molecule has 0 aliphatic carbocycles. The molecule has 1 nitrogen and oxygen atoms in total. The molecule has 0 aromatic rings. The van der Waals surface area contributed by atoms with E-state index in [9.17, 15) is 0 Å². The van der Waals surface area contributed by atoms with E-state index in [0.717, 1.165) is 0 Å². The Morgan fingerprint density at radius 1 is 0.706 bits per heavy atom. The van der Waals surface area contributed by atoms with Gasteiger partial charge in [0.05, 0.1) is 0 Å². The van der Waals surface area contributed by atoms with Crippen molar-refractivity contribution in [2.24, 2.45) is 0 Å². The molecule has 0 saturated carbocycles. The summed E-state index contributed by atoms with van der Waals surface area (Å²) in [5.41, 5.74) is 0. The molecule has 0 bridgehead atoms. The Morgan fingerprint density at radius 2 is 1.18 bits per heavy atom. The first-order valence-corrected chi connectivity index (χ1v) is 9.08. The van der Waals surface area contributed by atoms with E-state index in [1.807, 2.05) is 0 Å². The smallest absolute Gasteiger partial charge is 0.0123 e. The zero-order valence-corrected chi connectivity index (χ0v) is 14.2. The molecule has 0 aromatic carbocycles. The van der Waals surface area contributed by atoms with Crippen LogP contribution in [-0.2, 0) is 0 Å². The summed E-state index contributed by atoms with van der Waals surface area (Å²) >= 11 is 2.45. The van der Waals surface area contributed by atoms with Crippen molar-refractivity contribution in [1.82, 2.24) is 4.90 Å². The van der Waals surface area contributed by atoms with Crippen LogP contribution in [0, 0.1) is 0 Å². The average Bonchev–Trinajstić information content (AvgIpc) is 2.32. The monoisotopic (exact) mass is 353 g/mol. The lowest BCUT2D eigenvalue weighted by Gasteiger charge is -2.14. The van der Waals surface area contributed by atoms with Gasteiger partial charge in [-0.25, -0.2) is 0 Å². The Bertz CT molecular complexity index is 139. The number of hydrogen-bond donors (Lipinski definition) is 0. The van der Waals surface area contributed by atoms with E-state index in [1.54, 1.807) is 0 Å². The first-order valence-electron chi connectivity index (χ1n) is 7.55. The lowest BCUT2D eigenvalue weighted by molar-refractivity contribution is 0.344. The van der Waals surface area contributed by atoms with Gasteiger partial charge >= 0.3 is 0 Å². The molecular formula is C15H32IN. The maximum Gasteiger partial charge on any atom is 0.0123 e. The van der Waals surface area contributed by atoms with Gasteiger partial charge in [-0.05, 0) is 20.0 Å². The standard InChI is InChI=1S/C15H32IN/c1-3-4-5-6-7-8-9-10-11-12-14-17(2)15-13-16/h3-15H2,1-2H3. The van der Waals surface area contributed by atoms with Crippen molar-refractivity contribution < 1.29 is 0 Å². The molecule has 0 N–H and O–H groups in total. The van der Waals surface area contributed by atoms with Gasteiger partial charge in [-0.1, -0.05) is 87.3 Å².